The quantitative estimate of drug-likeness (QED) is 0.644. The van der Waals surface area contributed by atoms with Gasteiger partial charge in [-0.1, -0.05) is 0 Å². The number of hydrogen-bond donors (Lipinski definition) is 2. The van der Waals surface area contributed by atoms with Crippen LogP contribution in [0.5, 0.6) is 0 Å². The van der Waals surface area contributed by atoms with E-state index in [1.165, 1.54) is 11.3 Å². The molecule has 0 aliphatic carbocycles. The van der Waals surface area contributed by atoms with Gasteiger partial charge in [-0.25, -0.2) is 4.98 Å². The number of nitrogens with two attached hydrogens (primary N) is 1. The van der Waals surface area contributed by atoms with Gasteiger partial charge in [-0.15, -0.1) is 11.3 Å². The third-order valence-corrected chi connectivity index (χ3v) is 3.48. The molecule has 0 bridgehead atoms. The first-order chi connectivity index (χ1) is 8.08. The number of amidine groups is 1. The molecule has 0 aliphatic rings. The van der Waals surface area contributed by atoms with Crippen LogP contribution in [0.3, 0.4) is 0 Å². The Kier molecular flexibility index (Phi) is 3.10. The number of benzene rings is 1. The van der Waals surface area contributed by atoms with Crippen molar-refractivity contribution in [2.75, 3.05) is 19.0 Å². The zero-order valence-corrected chi connectivity index (χ0v) is 10.6. The van der Waals surface area contributed by atoms with Crippen molar-refractivity contribution in [2.24, 2.45) is 5.73 Å². The Hall–Kier alpha value is -1.88. The summed E-state index contributed by atoms with van der Waals surface area (Å²) in [6.45, 7) is 0. The fourth-order valence-electron chi connectivity index (χ4n) is 1.43. The van der Waals surface area contributed by atoms with Gasteiger partial charge in [0.15, 0.2) is 0 Å². The van der Waals surface area contributed by atoms with E-state index in [0.717, 1.165) is 16.3 Å². The Balaban J connectivity index is 2.30. The lowest BCUT2D eigenvalue weighted by molar-refractivity contribution is 1.13. The molecule has 1 aromatic heterocycles. The number of thiazole rings is 1. The third kappa shape index (κ3) is 2.45. The van der Waals surface area contributed by atoms with Crippen LogP contribution in [0.25, 0.3) is 10.6 Å². The first-order valence-electron chi connectivity index (χ1n) is 5.16. The fourth-order valence-corrected chi connectivity index (χ4v) is 2.22. The SMILES string of the molecule is CN(C)c1ccc(-c2ncc(C(=N)N)s2)cc1. The predicted octanol–water partition coefficient (Wildman–Crippen LogP) is 2.16. The van der Waals surface area contributed by atoms with E-state index in [0.29, 0.717) is 4.88 Å². The molecule has 88 valence electrons. The van der Waals surface area contributed by atoms with Gasteiger partial charge in [0, 0.05) is 31.5 Å². The van der Waals surface area contributed by atoms with Crippen molar-refractivity contribution >= 4 is 22.9 Å². The number of nitrogens with one attached hydrogen (secondary N) is 1. The van der Waals surface area contributed by atoms with Crippen molar-refractivity contribution in [3.05, 3.63) is 35.3 Å². The molecule has 5 heteroatoms. The van der Waals surface area contributed by atoms with Gasteiger partial charge in [-0.2, -0.15) is 0 Å². The second-order valence-electron chi connectivity index (χ2n) is 3.88. The van der Waals surface area contributed by atoms with Crippen molar-refractivity contribution < 1.29 is 0 Å². The highest BCUT2D eigenvalue weighted by Crippen LogP contribution is 2.26. The summed E-state index contributed by atoms with van der Waals surface area (Å²) >= 11 is 1.43. The Morgan fingerprint density at radius 3 is 2.41 bits per heavy atom. The summed E-state index contributed by atoms with van der Waals surface area (Å²) in [6, 6.07) is 8.14. The Morgan fingerprint density at radius 1 is 1.29 bits per heavy atom. The van der Waals surface area contributed by atoms with Gasteiger partial charge in [0.25, 0.3) is 0 Å². The fraction of sp³-hybridized carbons (Fsp3) is 0.167. The van der Waals surface area contributed by atoms with E-state index < -0.39 is 0 Å². The van der Waals surface area contributed by atoms with Crippen LogP contribution < -0.4 is 10.6 Å². The average molecular weight is 246 g/mol. The first kappa shape index (κ1) is 11.6. The second kappa shape index (κ2) is 4.55. The van der Waals surface area contributed by atoms with Crippen LogP contribution in [0.1, 0.15) is 4.88 Å². The Morgan fingerprint density at radius 2 is 1.94 bits per heavy atom. The number of aromatic nitrogens is 1. The van der Waals surface area contributed by atoms with E-state index in [4.69, 9.17) is 11.1 Å². The molecular formula is C12H14N4S. The lowest BCUT2D eigenvalue weighted by Gasteiger charge is -2.11. The van der Waals surface area contributed by atoms with Gasteiger partial charge >= 0.3 is 0 Å². The van der Waals surface area contributed by atoms with Crippen LogP contribution in [-0.4, -0.2) is 24.9 Å². The largest absolute Gasteiger partial charge is 0.383 e. The van der Waals surface area contributed by atoms with Crippen LogP contribution in [0.2, 0.25) is 0 Å². The lowest BCUT2D eigenvalue weighted by Crippen LogP contribution is -2.08. The molecule has 2 rings (SSSR count). The van der Waals surface area contributed by atoms with Crippen molar-refractivity contribution in [3.8, 4) is 10.6 Å². The highest BCUT2D eigenvalue weighted by atomic mass is 32.1. The molecule has 1 heterocycles. The van der Waals surface area contributed by atoms with Crippen molar-refractivity contribution in [3.63, 3.8) is 0 Å². The summed E-state index contributed by atoms with van der Waals surface area (Å²) in [6.07, 6.45) is 1.64. The predicted molar refractivity (Wildman–Crippen MR) is 72.9 cm³/mol. The lowest BCUT2D eigenvalue weighted by atomic mass is 10.2. The molecule has 0 fully saturated rings. The molecule has 0 unspecified atom stereocenters. The molecule has 0 atom stereocenters. The summed E-state index contributed by atoms with van der Waals surface area (Å²) in [5, 5.41) is 8.23. The maximum Gasteiger partial charge on any atom is 0.134 e. The molecule has 0 saturated heterocycles. The highest BCUT2D eigenvalue weighted by molar-refractivity contribution is 7.16. The molecule has 4 nitrogen and oxygen atoms in total. The number of nitrogens with zero attached hydrogens (tertiary/aromatic N) is 2. The van der Waals surface area contributed by atoms with Crippen LogP contribution in [0.4, 0.5) is 5.69 Å². The van der Waals surface area contributed by atoms with E-state index in [-0.39, 0.29) is 5.84 Å². The van der Waals surface area contributed by atoms with E-state index >= 15 is 0 Å². The minimum absolute atomic E-state index is 0.0682. The molecule has 2 aromatic rings. The van der Waals surface area contributed by atoms with Gasteiger partial charge in [0.2, 0.25) is 0 Å². The van der Waals surface area contributed by atoms with Gasteiger partial charge < -0.3 is 10.6 Å². The topological polar surface area (TPSA) is 66.0 Å². The first-order valence-corrected chi connectivity index (χ1v) is 5.97. The summed E-state index contributed by atoms with van der Waals surface area (Å²) in [5.41, 5.74) is 7.62. The van der Waals surface area contributed by atoms with Crippen LogP contribution >= 0.6 is 11.3 Å². The van der Waals surface area contributed by atoms with E-state index in [2.05, 4.69) is 4.98 Å². The average Bonchev–Trinajstić information content (AvgIpc) is 2.78. The zero-order chi connectivity index (χ0) is 12.4. The zero-order valence-electron chi connectivity index (χ0n) is 9.77. The van der Waals surface area contributed by atoms with Gasteiger partial charge in [-0.05, 0) is 24.3 Å². The van der Waals surface area contributed by atoms with Crippen molar-refractivity contribution in [1.82, 2.24) is 4.98 Å². The van der Waals surface area contributed by atoms with Crippen molar-refractivity contribution in [2.45, 2.75) is 0 Å². The number of hydrogen-bond acceptors (Lipinski definition) is 4. The molecule has 0 saturated carbocycles. The number of anilines is 1. The van der Waals surface area contributed by atoms with Crippen LogP contribution in [0, 0.1) is 5.41 Å². The van der Waals surface area contributed by atoms with Gasteiger partial charge in [0.1, 0.15) is 10.8 Å². The monoisotopic (exact) mass is 246 g/mol. The third-order valence-electron chi connectivity index (χ3n) is 2.40. The highest BCUT2D eigenvalue weighted by Gasteiger charge is 2.06. The van der Waals surface area contributed by atoms with Crippen molar-refractivity contribution in [1.29, 1.82) is 5.41 Å². The molecule has 3 N–H and O–H groups in total. The number of nitrogen functional groups attached to an aromatic ring is 1. The normalized spacial score (nSPS) is 10.2. The van der Waals surface area contributed by atoms with E-state index in [1.54, 1.807) is 6.20 Å². The molecule has 17 heavy (non-hydrogen) atoms. The van der Waals surface area contributed by atoms with E-state index in [1.807, 2.05) is 43.3 Å². The molecule has 0 aliphatic heterocycles. The molecule has 0 amide bonds. The number of rotatable bonds is 3. The minimum Gasteiger partial charge on any atom is -0.383 e. The van der Waals surface area contributed by atoms with Crippen LogP contribution in [-0.2, 0) is 0 Å². The van der Waals surface area contributed by atoms with E-state index in [9.17, 15) is 0 Å². The summed E-state index contributed by atoms with van der Waals surface area (Å²) in [4.78, 5) is 7.02. The Bertz CT molecular complexity index is 528. The summed E-state index contributed by atoms with van der Waals surface area (Å²) < 4.78 is 0. The maximum absolute atomic E-state index is 7.34. The minimum atomic E-state index is 0.0682. The van der Waals surface area contributed by atoms with Gasteiger partial charge in [-0.3, -0.25) is 5.41 Å². The molecule has 0 spiro atoms. The molecular weight excluding hydrogens is 232 g/mol. The summed E-state index contributed by atoms with van der Waals surface area (Å²) in [7, 11) is 4.01. The van der Waals surface area contributed by atoms with Gasteiger partial charge in [0.05, 0.1) is 4.88 Å². The Labute approximate surface area is 104 Å². The molecule has 1 aromatic carbocycles. The second-order valence-corrected chi connectivity index (χ2v) is 4.92. The van der Waals surface area contributed by atoms with Crippen LogP contribution in [0.15, 0.2) is 30.5 Å². The standard InChI is InChI=1S/C12H14N4S/c1-16(2)9-5-3-8(4-6-9)12-15-7-10(17-12)11(13)14/h3-7H,1-2H3,(H3,13,14). The maximum atomic E-state index is 7.34. The summed E-state index contributed by atoms with van der Waals surface area (Å²) in [5.74, 6) is 0.0682. The molecule has 0 radical (unpaired) electrons. The smallest absolute Gasteiger partial charge is 0.134 e.